The zero-order chi connectivity index (χ0) is 15.0. The highest BCUT2D eigenvalue weighted by atomic mass is 35.5. The summed E-state index contributed by atoms with van der Waals surface area (Å²) in [7, 11) is 0. The van der Waals surface area contributed by atoms with E-state index in [1.807, 2.05) is 51.1 Å². The molecule has 1 aliphatic rings. The molecule has 0 amide bonds. The second kappa shape index (κ2) is 8.83. The third-order valence-corrected chi connectivity index (χ3v) is 3.30. The van der Waals surface area contributed by atoms with Crippen LogP contribution in [0.1, 0.15) is 25.8 Å². The lowest BCUT2D eigenvalue weighted by molar-refractivity contribution is 1.09. The number of hydrogen-bond donors (Lipinski definition) is 1. The SMILES string of the molecule is CC.Cc1ccc(NCC2=CC=C(Cl)C=CC2)nc1Cl. The number of hydrogen-bond acceptors (Lipinski definition) is 2. The van der Waals surface area contributed by atoms with Crippen LogP contribution in [0, 0.1) is 6.92 Å². The van der Waals surface area contributed by atoms with Gasteiger partial charge in [0, 0.05) is 11.6 Å². The Bertz CT molecular complexity index is 531. The minimum atomic E-state index is 0.540. The van der Waals surface area contributed by atoms with E-state index in [-0.39, 0.29) is 0 Å². The monoisotopic (exact) mass is 310 g/mol. The minimum Gasteiger partial charge on any atom is -0.366 e. The molecule has 1 aromatic heterocycles. The van der Waals surface area contributed by atoms with Gasteiger partial charge in [0.1, 0.15) is 11.0 Å². The van der Waals surface area contributed by atoms with Gasteiger partial charge < -0.3 is 5.32 Å². The highest BCUT2D eigenvalue weighted by Gasteiger charge is 2.02. The molecule has 4 heteroatoms. The summed E-state index contributed by atoms with van der Waals surface area (Å²) >= 11 is 11.9. The van der Waals surface area contributed by atoms with Gasteiger partial charge in [0.25, 0.3) is 0 Å². The van der Waals surface area contributed by atoms with Crippen LogP contribution in [-0.2, 0) is 0 Å². The van der Waals surface area contributed by atoms with Crippen molar-refractivity contribution in [2.24, 2.45) is 0 Å². The number of nitrogens with one attached hydrogen (secondary N) is 1. The Morgan fingerprint density at radius 3 is 2.65 bits per heavy atom. The van der Waals surface area contributed by atoms with Crippen LogP contribution in [0.25, 0.3) is 0 Å². The van der Waals surface area contributed by atoms with E-state index < -0.39 is 0 Å². The van der Waals surface area contributed by atoms with E-state index in [2.05, 4.69) is 16.4 Å². The molecule has 0 radical (unpaired) electrons. The second-order valence-electron chi connectivity index (χ2n) is 4.14. The zero-order valence-electron chi connectivity index (χ0n) is 12.1. The van der Waals surface area contributed by atoms with E-state index in [9.17, 15) is 0 Å². The second-order valence-corrected chi connectivity index (χ2v) is 4.94. The first-order valence-corrected chi connectivity index (χ1v) is 7.49. The predicted octanol–water partition coefficient (Wildman–Crippen LogP) is 5.49. The van der Waals surface area contributed by atoms with Crippen LogP contribution in [0.15, 0.2) is 47.0 Å². The van der Waals surface area contributed by atoms with Crippen molar-refractivity contribution in [1.29, 1.82) is 0 Å². The fourth-order valence-corrected chi connectivity index (χ4v) is 1.89. The van der Waals surface area contributed by atoms with Crippen molar-refractivity contribution in [2.75, 3.05) is 11.9 Å². The van der Waals surface area contributed by atoms with Crippen molar-refractivity contribution >= 4 is 29.0 Å². The molecule has 2 rings (SSSR count). The molecule has 0 aromatic carbocycles. The Balaban J connectivity index is 0.000000956. The lowest BCUT2D eigenvalue weighted by atomic mass is 10.2. The van der Waals surface area contributed by atoms with E-state index in [1.54, 1.807) is 0 Å². The van der Waals surface area contributed by atoms with Crippen molar-refractivity contribution in [3.63, 3.8) is 0 Å². The average Bonchev–Trinajstić information content (AvgIpc) is 2.67. The van der Waals surface area contributed by atoms with E-state index in [0.717, 1.165) is 29.4 Å². The average molecular weight is 311 g/mol. The highest BCUT2D eigenvalue weighted by Crippen LogP contribution is 2.17. The predicted molar refractivity (Wildman–Crippen MR) is 89.6 cm³/mol. The molecule has 2 nitrogen and oxygen atoms in total. The van der Waals surface area contributed by atoms with Crippen molar-refractivity contribution in [3.05, 3.63) is 57.8 Å². The molecule has 1 heterocycles. The number of rotatable bonds is 3. The maximum Gasteiger partial charge on any atom is 0.134 e. The van der Waals surface area contributed by atoms with Gasteiger partial charge in [-0.1, -0.05) is 55.3 Å². The Morgan fingerprint density at radius 1 is 1.20 bits per heavy atom. The summed E-state index contributed by atoms with van der Waals surface area (Å²) in [4.78, 5) is 4.26. The van der Waals surface area contributed by atoms with Crippen molar-refractivity contribution < 1.29 is 0 Å². The van der Waals surface area contributed by atoms with Gasteiger partial charge in [0.05, 0.1) is 0 Å². The van der Waals surface area contributed by atoms with Gasteiger partial charge in [-0.15, -0.1) is 0 Å². The van der Waals surface area contributed by atoms with Crippen molar-refractivity contribution in [1.82, 2.24) is 4.98 Å². The molecule has 1 N–H and O–H groups in total. The molecule has 0 saturated heterocycles. The van der Waals surface area contributed by atoms with E-state index >= 15 is 0 Å². The molecule has 0 unspecified atom stereocenters. The summed E-state index contributed by atoms with van der Waals surface area (Å²) in [6.45, 7) is 6.67. The summed E-state index contributed by atoms with van der Waals surface area (Å²) in [6, 6.07) is 3.88. The molecule has 1 aromatic rings. The van der Waals surface area contributed by atoms with Crippen LogP contribution in [0.5, 0.6) is 0 Å². The first-order chi connectivity index (χ1) is 9.65. The molecular weight excluding hydrogens is 291 g/mol. The summed E-state index contributed by atoms with van der Waals surface area (Å²) in [5, 5.41) is 4.55. The number of nitrogens with zero attached hydrogens (tertiary/aromatic N) is 1. The maximum atomic E-state index is 5.98. The van der Waals surface area contributed by atoms with Crippen molar-refractivity contribution in [2.45, 2.75) is 27.2 Å². The summed E-state index contributed by atoms with van der Waals surface area (Å²) in [5.41, 5.74) is 2.23. The normalized spacial score (nSPS) is 13.7. The number of aromatic nitrogens is 1. The Morgan fingerprint density at radius 2 is 1.95 bits per heavy atom. The largest absolute Gasteiger partial charge is 0.366 e. The van der Waals surface area contributed by atoms with Gasteiger partial charge in [-0.2, -0.15) is 0 Å². The molecule has 0 saturated carbocycles. The van der Waals surface area contributed by atoms with Crippen LogP contribution >= 0.6 is 23.2 Å². The molecule has 0 atom stereocenters. The molecule has 0 fully saturated rings. The van der Waals surface area contributed by atoms with Gasteiger partial charge in [0.2, 0.25) is 0 Å². The van der Waals surface area contributed by atoms with E-state index in [1.165, 1.54) is 5.57 Å². The quantitative estimate of drug-likeness (QED) is 0.747. The lowest BCUT2D eigenvalue weighted by Gasteiger charge is -2.08. The first kappa shape index (κ1) is 16.8. The molecule has 0 aliphatic heterocycles. The summed E-state index contributed by atoms with van der Waals surface area (Å²) in [6.07, 6.45) is 8.78. The Hall–Kier alpha value is -1.25. The highest BCUT2D eigenvalue weighted by molar-refractivity contribution is 6.31. The fourth-order valence-electron chi connectivity index (χ4n) is 1.58. The van der Waals surface area contributed by atoms with Gasteiger partial charge >= 0.3 is 0 Å². The van der Waals surface area contributed by atoms with E-state index in [0.29, 0.717) is 5.15 Å². The number of anilines is 1. The zero-order valence-corrected chi connectivity index (χ0v) is 13.6. The lowest BCUT2D eigenvalue weighted by Crippen LogP contribution is -2.06. The number of pyridine rings is 1. The molecule has 20 heavy (non-hydrogen) atoms. The van der Waals surface area contributed by atoms with Crippen LogP contribution in [0.3, 0.4) is 0 Å². The minimum absolute atomic E-state index is 0.540. The number of allylic oxidation sites excluding steroid dienone is 5. The summed E-state index contributed by atoms with van der Waals surface area (Å²) in [5.74, 6) is 0.787. The standard InChI is InChI=1S/C14H14Cl2N2.C2H6/c1-10-5-8-13(18-14(10)16)17-9-11-3-2-4-12(15)7-6-11;1-2/h2,4-8H,3,9H2,1H3,(H,17,18);1-2H3. The third kappa shape index (κ3) is 5.40. The Kier molecular flexibility index (Phi) is 7.42. The van der Waals surface area contributed by atoms with Crippen LogP contribution in [0.2, 0.25) is 5.15 Å². The molecule has 1 aliphatic carbocycles. The summed E-state index contributed by atoms with van der Waals surface area (Å²) < 4.78 is 0. The maximum absolute atomic E-state index is 5.98. The Labute approximate surface area is 131 Å². The number of aryl methyl sites for hydroxylation is 1. The van der Waals surface area contributed by atoms with Crippen LogP contribution in [-0.4, -0.2) is 11.5 Å². The first-order valence-electron chi connectivity index (χ1n) is 6.74. The van der Waals surface area contributed by atoms with Gasteiger partial charge in [0.15, 0.2) is 0 Å². The smallest absolute Gasteiger partial charge is 0.134 e. The molecule has 0 bridgehead atoms. The van der Waals surface area contributed by atoms with Crippen LogP contribution < -0.4 is 5.32 Å². The van der Waals surface area contributed by atoms with E-state index in [4.69, 9.17) is 23.2 Å². The third-order valence-electron chi connectivity index (χ3n) is 2.67. The van der Waals surface area contributed by atoms with Gasteiger partial charge in [-0.05, 0) is 42.7 Å². The topological polar surface area (TPSA) is 24.9 Å². The number of halogens is 2. The molecular formula is C16H20Cl2N2. The van der Waals surface area contributed by atoms with Gasteiger partial charge in [-0.25, -0.2) is 4.98 Å². The van der Waals surface area contributed by atoms with Crippen molar-refractivity contribution in [3.8, 4) is 0 Å². The molecule has 0 spiro atoms. The van der Waals surface area contributed by atoms with Crippen LogP contribution in [0.4, 0.5) is 5.82 Å². The van der Waals surface area contributed by atoms with Gasteiger partial charge in [-0.3, -0.25) is 0 Å². The molecule has 108 valence electrons. The fraction of sp³-hybridized carbons (Fsp3) is 0.312.